The lowest BCUT2D eigenvalue weighted by Crippen LogP contribution is -2.05. The molecule has 0 aliphatic carbocycles. The van der Waals surface area contributed by atoms with Crippen molar-refractivity contribution in [3.63, 3.8) is 0 Å². The van der Waals surface area contributed by atoms with Crippen molar-refractivity contribution in [2.45, 2.75) is 12.8 Å². The van der Waals surface area contributed by atoms with E-state index in [-0.39, 0.29) is 16.9 Å². The average molecular weight is 167 g/mol. The quantitative estimate of drug-likeness (QED) is 0.624. The monoisotopic (exact) mass is 167 g/mol. The zero-order valence-corrected chi connectivity index (χ0v) is 6.46. The second-order valence-electron chi connectivity index (χ2n) is 2.20. The van der Waals surface area contributed by atoms with Crippen LogP contribution in [0.5, 0.6) is 0 Å². The Morgan fingerprint density at radius 2 is 2.40 bits per heavy atom. The van der Waals surface area contributed by atoms with Gasteiger partial charge in [-0.3, -0.25) is 5.32 Å². The molecule has 0 radical (unpaired) electrons. The molecule has 0 saturated heterocycles. The third-order valence-corrected chi connectivity index (χ3v) is 3.35. The van der Waals surface area contributed by atoms with Crippen LogP contribution in [0.2, 0.25) is 0 Å². The molecular formula is C6H11F2NS. The summed E-state index contributed by atoms with van der Waals surface area (Å²) in [5.74, 6) is 1.71. The van der Waals surface area contributed by atoms with Gasteiger partial charge in [-0.1, -0.05) is 0 Å². The number of hydrogen-bond acceptors (Lipinski definition) is 1. The van der Waals surface area contributed by atoms with Gasteiger partial charge in [-0.05, 0) is 5.75 Å². The molecule has 1 aliphatic heterocycles. The minimum absolute atomic E-state index is 0.0568. The van der Waals surface area contributed by atoms with Crippen molar-refractivity contribution in [1.29, 1.82) is 0 Å². The van der Waals surface area contributed by atoms with Crippen molar-refractivity contribution >= 4 is 16.0 Å². The molecule has 0 amide bonds. The van der Waals surface area contributed by atoms with Crippen molar-refractivity contribution in [2.24, 2.45) is 0 Å². The van der Waals surface area contributed by atoms with E-state index in [4.69, 9.17) is 0 Å². The van der Waals surface area contributed by atoms with Crippen LogP contribution in [-0.2, 0) is 0 Å². The summed E-state index contributed by atoms with van der Waals surface area (Å²) in [5, 5.41) is 3.04. The van der Waals surface area contributed by atoms with Crippen molar-refractivity contribution in [2.75, 3.05) is 18.1 Å². The molecular weight excluding hydrogens is 156 g/mol. The van der Waals surface area contributed by atoms with Gasteiger partial charge >= 0.3 is 0 Å². The molecule has 1 N–H and O–H groups in total. The molecule has 1 rings (SSSR count). The molecule has 0 spiro atoms. The predicted molar refractivity (Wildman–Crippen MR) is 42.0 cm³/mol. The van der Waals surface area contributed by atoms with Crippen LogP contribution < -0.4 is 5.32 Å². The molecule has 0 aromatic carbocycles. The highest BCUT2D eigenvalue weighted by Gasteiger charge is 2.06. The molecule has 1 atom stereocenters. The summed E-state index contributed by atoms with van der Waals surface area (Å²) in [6, 6.07) is 0. The third kappa shape index (κ3) is 2.75. The molecule has 1 nitrogen and oxygen atoms in total. The second-order valence-corrected chi connectivity index (χ2v) is 4.32. The average Bonchev–Trinajstić information content (AvgIpc) is 2.34. The third-order valence-electron chi connectivity index (χ3n) is 1.36. The summed E-state index contributed by atoms with van der Waals surface area (Å²) in [5.41, 5.74) is 1.96. The molecule has 0 bridgehead atoms. The maximum Gasteiger partial charge on any atom is 0.239 e. The number of halogens is 2. The first-order valence-corrected chi connectivity index (χ1v) is 4.93. The van der Waals surface area contributed by atoms with Crippen LogP contribution in [0.3, 0.4) is 0 Å². The Morgan fingerprint density at radius 3 is 2.90 bits per heavy atom. The van der Waals surface area contributed by atoms with Crippen molar-refractivity contribution < 1.29 is 8.78 Å². The first-order chi connectivity index (χ1) is 4.79. The summed E-state index contributed by atoms with van der Waals surface area (Å²) in [6.07, 6.45) is -2.07. The molecule has 1 unspecified atom stereocenters. The van der Waals surface area contributed by atoms with Gasteiger partial charge in [-0.15, -0.1) is 0 Å². The van der Waals surface area contributed by atoms with Crippen LogP contribution in [0.15, 0.2) is 0 Å². The Kier molecular flexibility index (Phi) is 3.28. The van der Waals surface area contributed by atoms with Crippen LogP contribution in [0.4, 0.5) is 8.78 Å². The minimum Gasteiger partial charge on any atom is -0.289 e. The molecule has 0 saturated carbocycles. The van der Waals surface area contributed by atoms with Crippen LogP contribution in [-0.4, -0.2) is 30.0 Å². The molecule has 60 valence electrons. The van der Waals surface area contributed by atoms with Gasteiger partial charge in [0.15, 0.2) is 0 Å². The summed E-state index contributed by atoms with van der Waals surface area (Å²) in [6.45, 7) is 0.965. The van der Waals surface area contributed by atoms with Gasteiger partial charge in [0, 0.05) is 24.2 Å². The molecule has 1 aliphatic rings. The van der Waals surface area contributed by atoms with E-state index in [1.165, 1.54) is 0 Å². The molecule has 4 heteroatoms. The van der Waals surface area contributed by atoms with E-state index < -0.39 is 6.43 Å². The van der Waals surface area contributed by atoms with E-state index in [9.17, 15) is 8.78 Å². The first-order valence-electron chi connectivity index (χ1n) is 3.30. The molecule has 0 aromatic rings. The lowest BCUT2D eigenvalue weighted by Gasteiger charge is -2.00. The van der Waals surface area contributed by atoms with Crippen LogP contribution in [0, 0.1) is 0 Å². The SMILES string of the molecule is FC(F)CCS1=CNCC1. The predicted octanol–water partition coefficient (Wildman–Crippen LogP) is 1.27. The Morgan fingerprint density at radius 1 is 1.60 bits per heavy atom. The van der Waals surface area contributed by atoms with Crippen LogP contribution in [0.1, 0.15) is 6.42 Å². The minimum atomic E-state index is -2.12. The van der Waals surface area contributed by atoms with Crippen LogP contribution in [0.25, 0.3) is 0 Å². The summed E-state index contributed by atoms with van der Waals surface area (Å²) < 4.78 is 23.3. The van der Waals surface area contributed by atoms with E-state index in [0.717, 1.165) is 12.3 Å². The fraction of sp³-hybridized carbons (Fsp3) is 0.833. The molecule has 0 aromatic heterocycles. The lowest BCUT2D eigenvalue weighted by atomic mass is 10.5. The number of alkyl halides is 2. The topological polar surface area (TPSA) is 12.0 Å². The number of hydrogen-bond donors (Lipinski definition) is 1. The zero-order valence-electron chi connectivity index (χ0n) is 5.65. The van der Waals surface area contributed by atoms with Crippen molar-refractivity contribution in [3.8, 4) is 0 Å². The van der Waals surface area contributed by atoms with Crippen LogP contribution >= 0.6 is 10.5 Å². The summed E-state index contributed by atoms with van der Waals surface area (Å²) in [4.78, 5) is 0. The van der Waals surface area contributed by atoms with Gasteiger partial charge in [0.1, 0.15) is 0 Å². The Bertz CT molecular complexity index is 136. The summed E-state index contributed by atoms with van der Waals surface area (Å²) in [7, 11) is 0.136. The Hall–Kier alpha value is 0.0400. The van der Waals surface area contributed by atoms with Crippen molar-refractivity contribution in [3.05, 3.63) is 0 Å². The van der Waals surface area contributed by atoms with Gasteiger partial charge in [-0.25, -0.2) is 8.78 Å². The highest BCUT2D eigenvalue weighted by Crippen LogP contribution is 2.16. The smallest absolute Gasteiger partial charge is 0.239 e. The standard InChI is InChI=1S/C6H11F2NS/c7-6(8)1-3-10-4-2-9-5-10/h5-6,9H,1-4H2. The van der Waals surface area contributed by atoms with E-state index >= 15 is 0 Å². The normalized spacial score (nSPS) is 25.3. The number of nitrogens with one attached hydrogen (secondary N) is 1. The lowest BCUT2D eigenvalue weighted by molar-refractivity contribution is 0.145. The maximum atomic E-state index is 11.7. The van der Waals surface area contributed by atoms with Gasteiger partial charge in [0.25, 0.3) is 0 Å². The van der Waals surface area contributed by atoms with Gasteiger partial charge < -0.3 is 0 Å². The Labute approximate surface area is 61.7 Å². The molecule has 1 heterocycles. The molecule has 10 heavy (non-hydrogen) atoms. The van der Waals surface area contributed by atoms with E-state index in [1.54, 1.807) is 0 Å². The zero-order chi connectivity index (χ0) is 7.40. The molecule has 0 fully saturated rings. The first kappa shape index (κ1) is 8.14. The number of rotatable bonds is 3. The van der Waals surface area contributed by atoms with Gasteiger partial charge in [0.2, 0.25) is 6.43 Å². The largest absolute Gasteiger partial charge is 0.289 e. The Balaban J connectivity index is 2.13. The van der Waals surface area contributed by atoms with Gasteiger partial charge in [-0.2, -0.15) is 10.5 Å². The van der Waals surface area contributed by atoms with E-state index in [0.29, 0.717) is 5.75 Å². The maximum absolute atomic E-state index is 11.7. The van der Waals surface area contributed by atoms with Crippen molar-refractivity contribution in [1.82, 2.24) is 5.32 Å². The highest BCUT2D eigenvalue weighted by atomic mass is 32.2. The summed E-state index contributed by atoms with van der Waals surface area (Å²) >= 11 is 0. The highest BCUT2D eigenvalue weighted by molar-refractivity contribution is 8.15. The second kappa shape index (κ2) is 4.03. The van der Waals surface area contributed by atoms with E-state index in [1.807, 2.05) is 5.49 Å². The fourth-order valence-corrected chi connectivity index (χ4v) is 2.48. The fourth-order valence-electron chi connectivity index (χ4n) is 0.827. The van der Waals surface area contributed by atoms with E-state index in [2.05, 4.69) is 5.32 Å². The van der Waals surface area contributed by atoms with Gasteiger partial charge in [0.05, 0.1) is 0 Å².